The minimum Gasteiger partial charge on any atom is -0.466 e. The summed E-state index contributed by atoms with van der Waals surface area (Å²) in [6.45, 7) is 5.11. The van der Waals surface area contributed by atoms with Crippen molar-refractivity contribution in [3.05, 3.63) is 47.7 Å². The quantitative estimate of drug-likeness (QED) is 0.633. The van der Waals surface area contributed by atoms with Crippen LogP contribution in [0, 0.1) is 12.8 Å². The number of esters is 1. The van der Waals surface area contributed by atoms with Gasteiger partial charge in [0.25, 0.3) is 5.91 Å². The molecule has 1 aromatic carbocycles. The first-order chi connectivity index (χ1) is 14.1. The Balaban J connectivity index is 1.62. The Morgan fingerprint density at radius 2 is 2.14 bits per heavy atom. The average Bonchev–Trinajstić information content (AvgIpc) is 3.18. The summed E-state index contributed by atoms with van der Waals surface area (Å²) in [4.78, 5) is 31.3. The van der Waals surface area contributed by atoms with E-state index in [1.165, 1.54) is 0 Å². The average molecular weight is 393 g/mol. The third kappa shape index (κ3) is 3.70. The molecule has 150 valence electrons. The lowest BCUT2D eigenvalue weighted by Crippen LogP contribution is -2.42. The van der Waals surface area contributed by atoms with E-state index < -0.39 is 0 Å². The molecular formula is C21H23N5O3. The maximum atomic E-state index is 13.1. The molecule has 1 saturated heterocycles. The highest BCUT2D eigenvalue weighted by Crippen LogP contribution is 2.23. The third-order valence-electron chi connectivity index (χ3n) is 5.22. The number of carbonyl (C=O) groups excluding carboxylic acids is 2. The Kier molecular flexibility index (Phi) is 5.24. The van der Waals surface area contributed by atoms with E-state index in [9.17, 15) is 9.59 Å². The van der Waals surface area contributed by atoms with Crippen molar-refractivity contribution in [2.75, 3.05) is 19.7 Å². The maximum absolute atomic E-state index is 13.1. The molecule has 0 bridgehead atoms. The van der Waals surface area contributed by atoms with Crippen molar-refractivity contribution in [2.24, 2.45) is 5.92 Å². The second kappa shape index (κ2) is 7.98. The Morgan fingerprint density at radius 3 is 2.97 bits per heavy atom. The van der Waals surface area contributed by atoms with Gasteiger partial charge in [-0.15, -0.1) is 5.10 Å². The van der Waals surface area contributed by atoms with E-state index in [-0.39, 0.29) is 17.8 Å². The Bertz CT molecular complexity index is 1060. The molecule has 3 aromatic rings. The minimum atomic E-state index is -0.263. The lowest BCUT2D eigenvalue weighted by Gasteiger charge is -2.31. The molecule has 0 spiro atoms. The van der Waals surface area contributed by atoms with E-state index in [0.717, 1.165) is 24.1 Å². The number of hydrogen-bond acceptors (Lipinski definition) is 6. The summed E-state index contributed by atoms with van der Waals surface area (Å²) < 4.78 is 6.79. The SMILES string of the molecule is CCOC(=O)[C@H]1CCCN(C(=O)c2ccc(C)c(-n3nnc4cccnc43)c2)C1. The van der Waals surface area contributed by atoms with Gasteiger partial charge < -0.3 is 9.64 Å². The van der Waals surface area contributed by atoms with Crippen molar-refractivity contribution >= 4 is 23.0 Å². The van der Waals surface area contributed by atoms with Crippen LogP contribution in [-0.2, 0) is 9.53 Å². The van der Waals surface area contributed by atoms with Crippen molar-refractivity contribution < 1.29 is 14.3 Å². The van der Waals surface area contributed by atoms with Gasteiger partial charge in [-0.2, -0.15) is 4.68 Å². The van der Waals surface area contributed by atoms with Crippen LogP contribution in [-0.4, -0.2) is 56.5 Å². The summed E-state index contributed by atoms with van der Waals surface area (Å²) >= 11 is 0. The number of benzene rings is 1. The predicted octanol–water partition coefficient (Wildman–Crippen LogP) is 2.54. The molecule has 2 aromatic heterocycles. The van der Waals surface area contributed by atoms with Crippen LogP contribution in [0.25, 0.3) is 16.9 Å². The minimum absolute atomic E-state index is 0.0994. The predicted molar refractivity (Wildman–Crippen MR) is 107 cm³/mol. The van der Waals surface area contributed by atoms with Gasteiger partial charge in [-0.25, -0.2) is 4.98 Å². The number of amides is 1. The first-order valence-corrected chi connectivity index (χ1v) is 9.82. The van der Waals surface area contributed by atoms with E-state index >= 15 is 0 Å². The van der Waals surface area contributed by atoms with Gasteiger partial charge in [-0.1, -0.05) is 11.3 Å². The Labute approximate surface area is 168 Å². The van der Waals surface area contributed by atoms with Crippen molar-refractivity contribution in [1.29, 1.82) is 0 Å². The first kappa shape index (κ1) is 19.0. The molecule has 1 aliphatic rings. The largest absolute Gasteiger partial charge is 0.466 e. The van der Waals surface area contributed by atoms with Crippen molar-refractivity contribution in [3.8, 4) is 5.69 Å². The lowest BCUT2D eigenvalue weighted by atomic mass is 9.97. The van der Waals surface area contributed by atoms with Crippen molar-refractivity contribution in [2.45, 2.75) is 26.7 Å². The van der Waals surface area contributed by atoms with Gasteiger partial charge >= 0.3 is 5.97 Å². The summed E-state index contributed by atoms with van der Waals surface area (Å²) in [7, 11) is 0. The molecule has 29 heavy (non-hydrogen) atoms. The number of hydrogen-bond donors (Lipinski definition) is 0. The molecule has 0 aliphatic carbocycles. The second-order valence-electron chi connectivity index (χ2n) is 7.19. The van der Waals surface area contributed by atoms with Crippen LogP contribution in [0.3, 0.4) is 0 Å². The highest BCUT2D eigenvalue weighted by atomic mass is 16.5. The number of aromatic nitrogens is 4. The third-order valence-corrected chi connectivity index (χ3v) is 5.22. The van der Waals surface area contributed by atoms with Gasteiger partial charge in [-0.3, -0.25) is 9.59 Å². The molecule has 0 unspecified atom stereocenters. The number of aryl methyl sites for hydroxylation is 1. The standard InChI is InChI=1S/C21H23N5O3/c1-3-29-21(28)16-6-5-11-25(13-16)20(27)15-9-8-14(2)18(12-15)26-19-17(23-24-26)7-4-10-22-19/h4,7-10,12,16H,3,5-6,11,13H2,1-2H3/t16-/m0/s1. The van der Waals surface area contributed by atoms with Crippen LogP contribution >= 0.6 is 0 Å². The number of nitrogens with zero attached hydrogens (tertiary/aromatic N) is 5. The number of ether oxygens (including phenoxy) is 1. The molecule has 4 rings (SSSR count). The van der Waals surface area contributed by atoms with Gasteiger partial charge in [0.05, 0.1) is 18.2 Å². The van der Waals surface area contributed by atoms with Crippen LogP contribution in [0.1, 0.15) is 35.7 Å². The molecule has 1 fully saturated rings. The van der Waals surface area contributed by atoms with E-state index in [1.54, 1.807) is 22.7 Å². The Hall–Kier alpha value is -3.29. The van der Waals surface area contributed by atoms with Crippen LogP contribution in [0.2, 0.25) is 0 Å². The topological polar surface area (TPSA) is 90.2 Å². The lowest BCUT2D eigenvalue weighted by molar-refractivity contribution is -0.149. The van der Waals surface area contributed by atoms with Gasteiger partial charge in [-0.05, 0) is 56.5 Å². The normalized spacial score (nSPS) is 16.8. The summed E-state index contributed by atoms with van der Waals surface area (Å²) in [5.41, 5.74) is 3.60. The molecule has 1 amide bonds. The second-order valence-corrected chi connectivity index (χ2v) is 7.19. The molecule has 1 atom stereocenters. The van der Waals surface area contributed by atoms with Crippen LogP contribution in [0.15, 0.2) is 36.5 Å². The van der Waals surface area contributed by atoms with Gasteiger partial charge in [0, 0.05) is 24.8 Å². The van der Waals surface area contributed by atoms with E-state index in [1.807, 2.05) is 37.3 Å². The maximum Gasteiger partial charge on any atom is 0.310 e. The molecule has 0 N–H and O–H groups in total. The molecule has 0 saturated carbocycles. The Morgan fingerprint density at radius 1 is 1.28 bits per heavy atom. The number of rotatable bonds is 4. The fourth-order valence-corrected chi connectivity index (χ4v) is 3.69. The van der Waals surface area contributed by atoms with E-state index in [0.29, 0.717) is 36.4 Å². The highest BCUT2D eigenvalue weighted by molar-refractivity contribution is 5.95. The summed E-state index contributed by atoms with van der Waals surface area (Å²) in [6.07, 6.45) is 3.22. The smallest absolute Gasteiger partial charge is 0.310 e. The zero-order valence-corrected chi connectivity index (χ0v) is 16.5. The number of carbonyl (C=O) groups is 2. The fraction of sp³-hybridized carbons (Fsp3) is 0.381. The molecule has 1 aliphatic heterocycles. The highest BCUT2D eigenvalue weighted by Gasteiger charge is 2.30. The fourth-order valence-electron chi connectivity index (χ4n) is 3.69. The summed E-state index contributed by atoms with van der Waals surface area (Å²) in [5, 5.41) is 8.36. The molecular weight excluding hydrogens is 370 g/mol. The molecule has 0 radical (unpaired) electrons. The monoisotopic (exact) mass is 393 g/mol. The summed E-state index contributed by atoms with van der Waals surface area (Å²) in [6, 6.07) is 9.17. The first-order valence-electron chi connectivity index (χ1n) is 9.82. The van der Waals surface area contributed by atoms with Gasteiger partial charge in [0.1, 0.15) is 5.52 Å². The van der Waals surface area contributed by atoms with Crippen LogP contribution in [0.5, 0.6) is 0 Å². The van der Waals surface area contributed by atoms with Crippen molar-refractivity contribution in [3.63, 3.8) is 0 Å². The van der Waals surface area contributed by atoms with E-state index in [4.69, 9.17) is 4.74 Å². The number of pyridine rings is 1. The van der Waals surface area contributed by atoms with Gasteiger partial charge in [0.2, 0.25) is 0 Å². The number of piperidine rings is 1. The van der Waals surface area contributed by atoms with Crippen LogP contribution < -0.4 is 0 Å². The molecule has 3 heterocycles. The zero-order chi connectivity index (χ0) is 20.4. The van der Waals surface area contributed by atoms with Gasteiger partial charge in [0.15, 0.2) is 5.65 Å². The van der Waals surface area contributed by atoms with Crippen LogP contribution in [0.4, 0.5) is 0 Å². The molecule has 8 heteroatoms. The number of likely N-dealkylation sites (tertiary alicyclic amines) is 1. The van der Waals surface area contributed by atoms with E-state index in [2.05, 4.69) is 15.3 Å². The van der Waals surface area contributed by atoms with Crippen molar-refractivity contribution in [1.82, 2.24) is 24.9 Å². The number of fused-ring (bicyclic) bond motifs is 1. The molecule has 8 nitrogen and oxygen atoms in total. The zero-order valence-electron chi connectivity index (χ0n) is 16.5. The summed E-state index contributed by atoms with van der Waals surface area (Å²) in [5.74, 6) is -0.589.